The van der Waals surface area contributed by atoms with Crippen LogP contribution < -0.4 is 10.2 Å². The fourth-order valence-electron chi connectivity index (χ4n) is 4.88. The molecule has 1 fully saturated rings. The van der Waals surface area contributed by atoms with Gasteiger partial charge in [0, 0.05) is 23.3 Å². The molecule has 0 spiro atoms. The molecule has 4 nitrogen and oxygen atoms in total. The quantitative estimate of drug-likeness (QED) is 0.241. The Morgan fingerprint density at radius 1 is 0.944 bits per heavy atom. The van der Waals surface area contributed by atoms with Gasteiger partial charge in [0.1, 0.15) is 5.82 Å². The van der Waals surface area contributed by atoms with Crippen molar-refractivity contribution in [3.05, 3.63) is 113 Å². The average Bonchev–Trinajstić information content (AvgIpc) is 3.34. The van der Waals surface area contributed by atoms with Crippen molar-refractivity contribution < 1.29 is 17.6 Å². The molecule has 0 radical (unpaired) electrons. The highest BCUT2D eigenvalue weighted by Gasteiger charge is 2.43. The average molecular weight is 511 g/mol. The SMILES string of the molecule is Cc1cc(C2C(c3ccccn3)NC(=S)N2c2ccccc2F)c(C)n1-c1cccc(C(F)(F)F)c1. The minimum Gasteiger partial charge on any atom is -0.351 e. The molecule has 4 aromatic rings. The second-order valence-electron chi connectivity index (χ2n) is 8.66. The van der Waals surface area contributed by atoms with E-state index in [1.165, 1.54) is 12.1 Å². The summed E-state index contributed by atoms with van der Waals surface area (Å²) in [6, 6.07) is 18.1. The molecule has 1 saturated heterocycles. The maximum Gasteiger partial charge on any atom is 0.416 e. The summed E-state index contributed by atoms with van der Waals surface area (Å²) in [4.78, 5) is 6.23. The van der Waals surface area contributed by atoms with Crippen molar-refractivity contribution in [1.82, 2.24) is 14.9 Å². The van der Waals surface area contributed by atoms with Gasteiger partial charge in [0.2, 0.25) is 0 Å². The summed E-state index contributed by atoms with van der Waals surface area (Å²) >= 11 is 5.66. The van der Waals surface area contributed by atoms with Crippen molar-refractivity contribution in [3.8, 4) is 5.69 Å². The number of aryl methyl sites for hydroxylation is 1. The molecule has 5 rings (SSSR count). The van der Waals surface area contributed by atoms with Crippen LogP contribution >= 0.6 is 12.2 Å². The maximum atomic E-state index is 15.0. The summed E-state index contributed by atoms with van der Waals surface area (Å²) in [5, 5.41) is 3.63. The van der Waals surface area contributed by atoms with E-state index in [4.69, 9.17) is 12.2 Å². The number of pyridine rings is 1. The zero-order chi connectivity index (χ0) is 25.6. The first kappa shape index (κ1) is 24.0. The monoisotopic (exact) mass is 510 g/mol. The van der Waals surface area contributed by atoms with E-state index in [0.717, 1.165) is 29.1 Å². The Balaban J connectivity index is 1.69. The van der Waals surface area contributed by atoms with E-state index < -0.39 is 29.6 Å². The van der Waals surface area contributed by atoms with Gasteiger partial charge in [-0.25, -0.2) is 4.39 Å². The second-order valence-corrected chi connectivity index (χ2v) is 9.04. The van der Waals surface area contributed by atoms with E-state index in [9.17, 15) is 17.6 Å². The molecule has 2 aromatic carbocycles. The van der Waals surface area contributed by atoms with Gasteiger partial charge in [0.25, 0.3) is 0 Å². The van der Waals surface area contributed by atoms with Crippen LogP contribution in [0.1, 0.15) is 40.3 Å². The van der Waals surface area contributed by atoms with Gasteiger partial charge in [-0.05, 0) is 80.2 Å². The number of anilines is 1. The lowest BCUT2D eigenvalue weighted by atomic mass is 9.96. The number of hydrogen-bond donors (Lipinski definition) is 1. The van der Waals surface area contributed by atoms with Crippen LogP contribution in [0.3, 0.4) is 0 Å². The van der Waals surface area contributed by atoms with Gasteiger partial charge in [-0.2, -0.15) is 13.2 Å². The van der Waals surface area contributed by atoms with Gasteiger partial charge in [-0.15, -0.1) is 0 Å². The third-order valence-electron chi connectivity index (χ3n) is 6.43. The van der Waals surface area contributed by atoms with Crippen molar-refractivity contribution in [2.45, 2.75) is 32.1 Å². The Morgan fingerprint density at radius 2 is 1.69 bits per heavy atom. The molecule has 1 aliphatic rings. The van der Waals surface area contributed by atoms with Gasteiger partial charge in [0.15, 0.2) is 5.11 Å². The highest BCUT2D eigenvalue weighted by molar-refractivity contribution is 7.80. The van der Waals surface area contributed by atoms with Gasteiger partial charge in [-0.1, -0.05) is 24.3 Å². The van der Waals surface area contributed by atoms with Crippen molar-refractivity contribution in [3.63, 3.8) is 0 Å². The number of para-hydroxylation sites is 1. The lowest BCUT2D eigenvalue weighted by Crippen LogP contribution is -2.30. The van der Waals surface area contributed by atoms with Gasteiger partial charge < -0.3 is 14.8 Å². The number of nitrogens with one attached hydrogen (secondary N) is 1. The highest BCUT2D eigenvalue weighted by atomic mass is 32.1. The van der Waals surface area contributed by atoms with Crippen LogP contribution in [0.4, 0.5) is 23.2 Å². The fraction of sp³-hybridized carbons (Fsp3) is 0.185. The standard InChI is InChI=1S/C27H22F4N4S/c1-16-14-20(17(2)34(16)19-9-7-8-18(15-19)27(29,30)31)25-24(22-11-5-6-13-32-22)33-26(36)35(25)23-12-4-3-10-21(23)28/h3-15,24-25H,1-2H3,(H,33,36). The molecular formula is C27H22F4N4S. The first-order chi connectivity index (χ1) is 17.2. The minimum atomic E-state index is -4.46. The summed E-state index contributed by atoms with van der Waals surface area (Å²) in [5.74, 6) is -0.431. The largest absolute Gasteiger partial charge is 0.416 e. The van der Waals surface area contributed by atoms with E-state index in [0.29, 0.717) is 22.2 Å². The van der Waals surface area contributed by atoms with Crippen molar-refractivity contribution in [2.24, 2.45) is 0 Å². The molecule has 2 unspecified atom stereocenters. The van der Waals surface area contributed by atoms with Crippen molar-refractivity contribution in [1.29, 1.82) is 0 Å². The zero-order valence-electron chi connectivity index (χ0n) is 19.4. The zero-order valence-corrected chi connectivity index (χ0v) is 20.2. The first-order valence-corrected chi connectivity index (χ1v) is 11.7. The molecule has 0 amide bonds. The number of halogens is 4. The third-order valence-corrected chi connectivity index (χ3v) is 6.75. The van der Waals surface area contributed by atoms with Crippen LogP contribution in [0.15, 0.2) is 79.0 Å². The van der Waals surface area contributed by atoms with Gasteiger partial charge in [0.05, 0.1) is 29.0 Å². The third kappa shape index (κ3) is 4.13. The van der Waals surface area contributed by atoms with Crippen molar-refractivity contribution >= 4 is 23.0 Å². The molecule has 9 heteroatoms. The summed E-state index contributed by atoms with van der Waals surface area (Å²) in [5.41, 5.74) is 2.97. The van der Waals surface area contributed by atoms with Crippen LogP contribution in [0.25, 0.3) is 5.69 Å². The summed E-state index contributed by atoms with van der Waals surface area (Å²) in [6.07, 6.45) is -2.78. The van der Waals surface area contributed by atoms with Gasteiger partial charge >= 0.3 is 6.18 Å². The number of hydrogen-bond acceptors (Lipinski definition) is 2. The molecule has 1 N–H and O–H groups in total. The second kappa shape index (κ2) is 9.05. The Hall–Kier alpha value is -3.72. The molecular weight excluding hydrogens is 488 g/mol. The number of aromatic nitrogens is 2. The minimum absolute atomic E-state index is 0.308. The van der Waals surface area contributed by atoms with Crippen LogP contribution in [0.2, 0.25) is 0 Å². The lowest BCUT2D eigenvalue weighted by molar-refractivity contribution is -0.137. The topological polar surface area (TPSA) is 33.1 Å². The molecule has 0 saturated carbocycles. The summed E-state index contributed by atoms with van der Waals surface area (Å²) < 4.78 is 57.0. The fourth-order valence-corrected chi connectivity index (χ4v) is 5.22. The Morgan fingerprint density at radius 3 is 2.39 bits per heavy atom. The molecule has 36 heavy (non-hydrogen) atoms. The molecule has 0 bridgehead atoms. The molecule has 3 heterocycles. The Labute approximate surface area is 211 Å². The van der Waals surface area contributed by atoms with Crippen LogP contribution in [0.5, 0.6) is 0 Å². The summed E-state index contributed by atoms with van der Waals surface area (Å²) in [6.45, 7) is 3.68. The summed E-state index contributed by atoms with van der Waals surface area (Å²) in [7, 11) is 0. The van der Waals surface area contributed by atoms with E-state index in [-0.39, 0.29) is 0 Å². The first-order valence-electron chi connectivity index (χ1n) is 11.3. The molecule has 2 atom stereocenters. The Bertz CT molecular complexity index is 1430. The normalized spacial score (nSPS) is 17.9. The molecule has 1 aliphatic heterocycles. The van der Waals surface area contributed by atoms with E-state index >= 15 is 0 Å². The van der Waals surface area contributed by atoms with Crippen LogP contribution in [-0.4, -0.2) is 14.7 Å². The van der Waals surface area contributed by atoms with Crippen molar-refractivity contribution in [2.75, 3.05) is 4.90 Å². The number of rotatable bonds is 4. The number of thiocarbonyl (C=S) groups is 1. The van der Waals surface area contributed by atoms with E-state index in [1.54, 1.807) is 46.0 Å². The predicted octanol–water partition coefficient (Wildman–Crippen LogP) is 6.82. The maximum absolute atomic E-state index is 15.0. The number of alkyl halides is 3. The molecule has 184 valence electrons. The number of nitrogens with zero attached hydrogens (tertiary/aromatic N) is 3. The van der Waals surface area contributed by atoms with Crippen LogP contribution in [-0.2, 0) is 6.18 Å². The molecule has 2 aromatic heterocycles. The van der Waals surface area contributed by atoms with E-state index in [2.05, 4.69) is 10.3 Å². The molecule has 0 aliphatic carbocycles. The highest BCUT2D eigenvalue weighted by Crippen LogP contribution is 2.44. The van der Waals surface area contributed by atoms with E-state index in [1.807, 2.05) is 32.0 Å². The van der Waals surface area contributed by atoms with Gasteiger partial charge in [-0.3, -0.25) is 4.98 Å². The number of benzene rings is 2. The lowest BCUT2D eigenvalue weighted by Gasteiger charge is -2.28. The predicted molar refractivity (Wildman–Crippen MR) is 135 cm³/mol. The smallest absolute Gasteiger partial charge is 0.351 e. The Kier molecular flexibility index (Phi) is 6.04. The van der Waals surface area contributed by atoms with Crippen LogP contribution in [0, 0.1) is 19.7 Å².